The minimum absolute atomic E-state index is 0.277. The SMILES string of the molecule is NNC(=O)c1cc(-c2ccc(C#Cc3ccc(C(=O)N4CCCC[C@H]4C(=O)NN)cc3Cl)cc2)nc2ccncc12. The van der Waals surface area contributed by atoms with Crippen LogP contribution in [0, 0.1) is 11.8 Å². The molecule has 0 radical (unpaired) electrons. The fraction of sp³-hybridized carbons (Fsp3) is 0.167. The van der Waals surface area contributed by atoms with Crippen LogP contribution in [0.25, 0.3) is 22.2 Å². The van der Waals surface area contributed by atoms with Gasteiger partial charge in [0.1, 0.15) is 6.04 Å². The number of piperidine rings is 1. The summed E-state index contributed by atoms with van der Waals surface area (Å²) < 4.78 is 0. The van der Waals surface area contributed by atoms with Gasteiger partial charge in [-0.3, -0.25) is 30.2 Å². The second-order valence-corrected chi connectivity index (χ2v) is 9.87. The Bertz CT molecular complexity index is 1710. The summed E-state index contributed by atoms with van der Waals surface area (Å²) in [5, 5.41) is 0.931. The first-order valence-electron chi connectivity index (χ1n) is 12.9. The van der Waals surface area contributed by atoms with Gasteiger partial charge in [-0.15, -0.1) is 0 Å². The first-order valence-corrected chi connectivity index (χ1v) is 13.3. The van der Waals surface area contributed by atoms with Crippen molar-refractivity contribution in [1.29, 1.82) is 0 Å². The molecule has 11 heteroatoms. The predicted octanol–water partition coefficient (Wildman–Crippen LogP) is 2.94. The molecule has 5 rings (SSSR count). The fourth-order valence-electron chi connectivity index (χ4n) is 4.80. The van der Waals surface area contributed by atoms with Crippen molar-refractivity contribution in [3.8, 4) is 23.1 Å². The number of benzene rings is 2. The molecule has 0 spiro atoms. The van der Waals surface area contributed by atoms with Gasteiger partial charge < -0.3 is 4.90 Å². The molecular weight excluding hydrogens is 542 g/mol. The number of likely N-dealkylation sites (tertiary alicyclic amines) is 1. The Hall–Kier alpha value is -4.82. The number of carbonyl (C=O) groups excluding carboxylic acids is 3. The highest BCUT2D eigenvalue weighted by atomic mass is 35.5. The number of nitrogens with zero attached hydrogens (tertiary/aromatic N) is 3. The van der Waals surface area contributed by atoms with Gasteiger partial charge in [0, 0.05) is 46.6 Å². The lowest BCUT2D eigenvalue weighted by Crippen LogP contribution is -2.53. The number of rotatable bonds is 4. The first-order chi connectivity index (χ1) is 19.9. The molecule has 0 saturated carbocycles. The number of hydrogen-bond donors (Lipinski definition) is 4. The third-order valence-electron chi connectivity index (χ3n) is 6.93. The number of pyridine rings is 2. The Morgan fingerprint density at radius 3 is 2.51 bits per heavy atom. The molecule has 1 aliphatic rings. The minimum Gasteiger partial charge on any atom is -0.327 e. The van der Waals surface area contributed by atoms with E-state index in [2.05, 4.69) is 32.7 Å². The van der Waals surface area contributed by atoms with Crippen LogP contribution in [0.2, 0.25) is 5.02 Å². The van der Waals surface area contributed by atoms with Crippen molar-refractivity contribution in [2.75, 3.05) is 6.54 Å². The van der Waals surface area contributed by atoms with Crippen LogP contribution < -0.4 is 22.5 Å². The monoisotopic (exact) mass is 567 g/mol. The summed E-state index contributed by atoms with van der Waals surface area (Å²) in [7, 11) is 0. The number of nitrogens with two attached hydrogens (primary N) is 2. The lowest BCUT2D eigenvalue weighted by molar-refractivity contribution is -0.126. The zero-order valence-corrected chi connectivity index (χ0v) is 22.6. The number of nitrogen functional groups attached to an aromatic ring is 1. The highest BCUT2D eigenvalue weighted by molar-refractivity contribution is 6.32. The van der Waals surface area contributed by atoms with Crippen molar-refractivity contribution in [2.24, 2.45) is 11.7 Å². The number of halogens is 1. The Labute approximate surface area is 241 Å². The zero-order valence-electron chi connectivity index (χ0n) is 21.9. The quantitative estimate of drug-likeness (QED) is 0.128. The smallest absolute Gasteiger partial charge is 0.265 e. The van der Waals surface area contributed by atoms with Gasteiger partial charge in [0.25, 0.3) is 17.7 Å². The van der Waals surface area contributed by atoms with Gasteiger partial charge in [-0.25, -0.2) is 16.7 Å². The minimum atomic E-state index is -0.603. The molecule has 2 aromatic carbocycles. The van der Waals surface area contributed by atoms with Crippen molar-refractivity contribution >= 4 is 40.2 Å². The van der Waals surface area contributed by atoms with E-state index in [4.69, 9.17) is 23.3 Å². The van der Waals surface area contributed by atoms with Crippen LogP contribution in [0.1, 0.15) is 51.1 Å². The van der Waals surface area contributed by atoms with Gasteiger partial charge in [0.2, 0.25) is 0 Å². The van der Waals surface area contributed by atoms with Crippen LogP contribution in [0.15, 0.2) is 67.0 Å². The molecule has 0 bridgehead atoms. The van der Waals surface area contributed by atoms with E-state index in [0.29, 0.717) is 51.3 Å². The first kappa shape index (κ1) is 27.7. The van der Waals surface area contributed by atoms with Crippen molar-refractivity contribution in [2.45, 2.75) is 25.3 Å². The van der Waals surface area contributed by atoms with Crippen molar-refractivity contribution in [1.82, 2.24) is 25.7 Å². The number of nitrogens with one attached hydrogen (secondary N) is 2. The zero-order chi connectivity index (χ0) is 28.9. The average Bonchev–Trinajstić information content (AvgIpc) is 3.02. The number of fused-ring (bicyclic) bond motifs is 1. The average molecular weight is 568 g/mol. The molecule has 2 aromatic heterocycles. The second kappa shape index (κ2) is 12.1. The van der Waals surface area contributed by atoms with Crippen LogP contribution in [0.4, 0.5) is 0 Å². The van der Waals surface area contributed by atoms with E-state index in [1.807, 2.05) is 24.3 Å². The Morgan fingerprint density at radius 1 is 0.976 bits per heavy atom. The molecule has 1 atom stereocenters. The van der Waals surface area contributed by atoms with E-state index in [1.165, 1.54) is 4.90 Å². The molecule has 3 heterocycles. The summed E-state index contributed by atoms with van der Waals surface area (Å²) in [5.41, 5.74) is 8.38. The summed E-state index contributed by atoms with van der Waals surface area (Å²) in [6.07, 6.45) is 5.41. The molecule has 4 aromatic rings. The highest BCUT2D eigenvalue weighted by Gasteiger charge is 2.32. The highest BCUT2D eigenvalue weighted by Crippen LogP contribution is 2.26. The molecule has 6 N–H and O–H groups in total. The summed E-state index contributed by atoms with van der Waals surface area (Å²) in [6.45, 7) is 0.472. The molecule has 0 aliphatic carbocycles. The fourth-order valence-corrected chi connectivity index (χ4v) is 5.03. The maximum atomic E-state index is 13.1. The molecule has 1 saturated heterocycles. The normalized spacial score (nSPS) is 14.6. The summed E-state index contributed by atoms with van der Waals surface area (Å²) >= 11 is 6.48. The number of aromatic nitrogens is 2. The molecule has 10 nitrogen and oxygen atoms in total. The maximum absolute atomic E-state index is 13.1. The van der Waals surface area contributed by atoms with E-state index in [0.717, 1.165) is 24.0 Å². The van der Waals surface area contributed by atoms with Gasteiger partial charge >= 0.3 is 0 Å². The van der Waals surface area contributed by atoms with Gasteiger partial charge in [-0.05, 0) is 61.7 Å². The Kier molecular flexibility index (Phi) is 8.21. The van der Waals surface area contributed by atoms with E-state index >= 15 is 0 Å². The van der Waals surface area contributed by atoms with Gasteiger partial charge in [0.05, 0.1) is 21.8 Å². The number of amides is 3. The van der Waals surface area contributed by atoms with Crippen molar-refractivity contribution < 1.29 is 14.4 Å². The van der Waals surface area contributed by atoms with E-state index in [1.54, 1.807) is 42.7 Å². The summed E-state index contributed by atoms with van der Waals surface area (Å²) in [6, 6.07) is 15.1. The Morgan fingerprint density at radius 2 is 1.78 bits per heavy atom. The van der Waals surface area contributed by atoms with Crippen molar-refractivity contribution in [3.63, 3.8) is 0 Å². The number of hydrazine groups is 2. The van der Waals surface area contributed by atoms with Gasteiger partial charge in [0.15, 0.2) is 0 Å². The summed E-state index contributed by atoms with van der Waals surface area (Å²) in [5.74, 6) is 15.7. The standard InChI is InChI=1S/C30H26ClN7O3/c31-24-15-21(30(41)38-14-2-1-3-27(38)29(40)37-33)11-10-19(24)7-4-18-5-8-20(9-6-18)26-16-22(28(39)36-32)23-17-34-13-12-25(23)35-26/h5-6,8-13,15-17,27H,1-3,14,32-33H2,(H,36,39)(H,37,40)/t27-/m0/s1. The molecule has 1 aliphatic heterocycles. The van der Waals surface area contributed by atoms with E-state index in [-0.39, 0.29) is 11.8 Å². The maximum Gasteiger partial charge on any atom is 0.265 e. The Balaban J connectivity index is 1.35. The van der Waals surface area contributed by atoms with Crippen LogP contribution in [0.5, 0.6) is 0 Å². The number of hydrogen-bond acceptors (Lipinski definition) is 7. The lowest BCUT2D eigenvalue weighted by atomic mass is 10.00. The van der Waals surface area contributed by atoms with Crippen LogP contribution in [-0.2, 0) is 4.79 Å². The molecule has 3 amide bonds. The predicted molar refractivity (Wildman–Crippen MR) is 155 cm³/mol. The third kappa shape index (κ3) is 5.88. The largest absolute Gasteiger partial charge is 0.327 e. The van der Waals surface area contributed by atoms with Gasteiger partial charge in [-0.2, -0.15) is 0 Å². The molecule has 1 fully saturated rings. The lowest BCUT2D eigenvalue weighted by Gasteiger charge is -2.34. The second-order valence-electron chi connectivity index (χ2n) is 9.46. The van der Waals surface area contributed by atoms with Crippen LogP contribution in [-0.4, -0.2) is 45.2 Å². The topological polar surface area (TPSA) is 156 Å². The van der Waals surface area contributed by atoms with Crippen LogP contribution in [0.3, 0.4) is 0 Å². The molecule has 206 valence electrons. The van der Waals surface area contributed by atoms with E-state index < -0.39 is 11.9 Å². The van der Waals surface area contributed by atoms with Gasteiger partial charge in [-0.1, -0.05) is 35.6 Å². The summed E-state index contributed by atoms with van der Waals surface area (Å²) in [4.78, 5) is 47.9. The molecule has 0 unspecified atom stereocenters. The van der Waals surface area contributed by atoms with E-state index in [9.17, 15) is 14.4 Å². The third-order valence-corrected chi connectivity index (χ3v) is 7.25. The number of carbonyl (C=O) groups is 3. The van der Waals surface area contributed by atoms with Crippen molar-refractivity contribution in [3.05, 3.63) is 94.3 Å². The molecule has 41 heavy (non-hydrogen) atoms. The van der Waals surface area contributed by atoms with Crippen LogP contribution >= 0.6 is 11.6 Å². The molecular formula is C30H26ClN7O3.